The minimum absolute atomic E-state index is 0.528. The molecule has 2 aromatic rings. The van der Waals surface area contributed by atoms with E-state index in [1.165, 1.54) is 0 Å². The van der Waals surface area contributed by atoms with Crippen LogP contribution in [0, 0.1) is 35.0 Å². The van der Waals surface area contributed by atoms with Gasteiger partial charge < -0.3 is 4.74 Å². The van der Waals surface area contributed by atoms with Crippen LogP contribution in [0.15, 0.2) is 12.3 Å². The summed E-state index contributed by atoms with van der Waals surface area (Å²) in [6.45, 7) is 0. The maximum absolute atomic E-state index is 13.6. The molecule has 0 amide bonds. The van der Waals surface area contributed by atoms with E-state index in [9.17, 15) is 31.1 Å². The molecular formula is C13H5F6NO2. The zero-order valence-electron chi connectivity index (χ0n) is 10.7. The molecule has 0 aliphatic heterocycles. The fourth-order valence-corrected chi connectivity index (χ4v) is 1.70. The van der Waals surface area contributed by atoms with E-state index >= 15 is 0 Å². The molecule has 0 spiro atoms. The average molecular weight is 321 g/mol. The van der Waals surface area contributed by atoms with Crippen LogP contribution in [0.25, 0.3) is 11.1 Å². The van der Waals surface area contributed by atoms with Crippen LogP contribution >= 0.6 is 0 Å². The molecule has 1 aromatic carbocycles. The van der Waals surface area contributed by atoms with Gasteiger partial charge >= 0.3 is 5.97 Å². The number of nitrogens with zero attached hydrogens (tertiary/aromatic N) is 1. The Hall–Kier alpha value is -2.58. The van der Waals surface area contributed by atoms with Gasteiger partial charge in [0.25, 0.3) is 0 Å². The summed E-state index contributed by atoms with van der Waals surface area (Å²) < 4.78 is 84.1. The Balaban J connectivity index is 2.76. The first-order valence-corrected chi connectivity index (χ1v) is 5.55. The van der Waals surface area contributed by atoms with Gasteiger partial charge in [0, 0.05) is 11.8 Å². The molecule has 0 saturated carbocycles. The number of hydrogen-bond donors (Lipinski definition) is 0. The molecule has 9 heteroatoms. The van der Waals surface area contributed by atoms with Gasteiger partial charge in [-0.2, -0.15) is 4.39 Å². The zero-order chi connectivity index (χ0) is 16.6. The van der Waals surface area contributed by atoms with Crippen LogP contribution in [0.5, 0.6) is 0 Å². The lowest BCUT2D eigenvalue weighted by atomic mass is 10.0. The number of benzene rings is 1. The fourth-order valence-electron chi connectivity index (χ4n) is 1.70. The molecule has 0 atom stereocenters. The number of hydrogen-bond acceptors (Lipinski definition) is 3. The van der Waals surface area contributed by atoms with Crippen LogP contribution in [-0.2, 0) is 4.74 Å². The molecule has 0 N–H and O–H groups in total. The van der Waals surface area contributed by atoms with Crippen LogP contribution < -0.4 is 0 Å². The van der Waals surface area contributed by atoms with Crippen molar-refractivity contribution in [3.63, 3.8) is 0 Å². The smallest absolute Gasteiger partial charge is 0.342 e. The fraction of sp³-hybridized carbons (Fsp3) is 0.0769. The molecule has 22 heavy (non-hydrogen) atoms. The first-order chi connectivity index (χ1) is 10.3. The van der Waals surface area contributed by atoms with Crippen molar-refractivity contribution in [3.8, 4) is 11.1 Å². The van der Waals surface area contributed by atoms with Crippen molar-refractivity contribution >= 4 is 5.97 Å². The van der Waals surface area contributed by atoms with Gasteiger partial charge in [-0.3, -0.25) is 0 Å². The highest BCUT2D eigenvalue weighted by Crippen LogP contribution is 2.31. The van der Waals surface area contributed by atoms with Gasteiger partial charge in [-0.1, -0.05) is 0 Å². The van der Waals surface area contributed by atoms with Crippen LogP contribution in [0.4, 0.5) is 26.3 Å². The predicted molar refractivity (Wildman–Crippen MR) is 60.8 cm³/mol. The van der Waals surface area contributed by atoms with E-state index in [1.54, 1.807) is 0 Å². The minimum Gasteiger partial charge on any atom is -0.465 e. The number of esters is 1. The standard InChI is InChI=1S/C13H5F6NO2/c1-22-13(21)5-2-4(3-20-12(5)19)6-7(14)9(16)11(18)10(17)8(6)15/h2-3H,1H3. The molecule has 116 valence electrons. The van der Waals surface area contributed by atoms with Crippen molar-refractivity contribution in [2.75, 3.05) is 7.11 Å². The monoisotopic (exact) mass is 321 g/mol. The van der Waals surface area contributed by atoms with E-state index in [-0.39, 0.29) is 0 Å². The Morgan fingerprint density at radius 2 is 1.45 bits per heavy atom. The van der Waals surface area contributed by atoms with Gasteiger partial charge in [-0.05, 0) is 6.07 Å². The minimum atomic E-state index is -2.33. The van der Waals surface area contributed by atoms with Gasteiger partial charge in [0.1, 0.15) is 5.56 Å². The van der Waals surface area contributed by atoms with Gasteiger partial charge in [-0.15, -0.1) is 0 Å². The van der Waals surface area contributed by atoms with Crippen molar-refractivity contribution in [2.24, 2.45) is 0 Å². The highest BCUT2D eigenvalue weighted by atomic mass is 19.2. The Morgan fingerprint density at radius 1 is 0.955 bits per heavy atom. The van der Waals surface area contributed by atoms with E-state index in [0.717, 1.165) is 7.11 Å². The third-order valence-corrected chi connectivity index (χ3v) is 2.74. The number of halogens is 6. The molecular weight excluding hydrogens is 316 g/mol. The Labute approximate surface area is 119 Å². The number of ether oxygens (including phenoxy) is 1. The van der Waals surface area contributed by atoms with E-state index in [0.29, 0.717) is 12.3 Å². The van der Waals surface area contributed by atoms with Gasteiger partial charge in [0.05, 0.1) is 12.7 Å². The highest BCUT2D eigenvalue weighted by Gasteiger charge is 2.27. The third kappa shape index (κ3) is 2.38. The summed E-state index contributed by atoms with van der Waals surface area (Å²) in [5, 5.41) is 0. The zero-order valence-corrected chi connectivity index (χ0v) is 10.7. The molecule has 0 radical (unpaired) electrons. The molecule has 0 aliphatic rings. The van der Waals surface area contributed by atoms with Crippen molar-refractivity contribution in [1.82, 2.24) is 4.98 Å². The molecule has 0 fully saturated rings. The summed E-state index contributed by atoms with van der Waals surface area (Å²) >= 11 is 0. The van der Waals surface area contributed by atoms with E-state index < -0.39 is 57.7 Å². The number of pyridine rings is 1. The molecule has 0 bridgehead atoms. The summed E-state index contributed by atoms with van der Waals surface area (Å²) in [6, 6.07) is 0.576. The predicted octanol–water partition coefficient (Wildman–Crippen LogP) is 3.37. The summed E-state index contributed by atoms with van der Waals surface area (Å²) in [5.74, 6) is -13.5. The lowest BCUT2D eigenvalue weighted by molar-refractivity contribution is 0.0594. The summed E-state index contributed by atoms with van der Waals surface area (Å²) in [5.41, 5.74) is -2.81. The SMILES string of the molecule is COC(=O)c1cc(-c2c(F)c(F)c(F)c(F)c2F)cnc1F. The van der Waals surface area contributed by atoms with Crippen molar-refractivity contribution in [2.45, 2.75) is 0 Å². The molecule has 0 unspecified atom stereocenters. The number of methoxy groups -OCH3 is 1. The lowest BCUT2D eigenvalue weighted by Gasteiger charge is -2.09. The summed E-state index contributed by atoms with van der Waals surface area (Å²) in [7, 11) is 0.910. The number of carbonyl (C=O) groups is 1. The number of carbonyl (C=O) groups excluding carboxylic acids is 1. The molecule has 1 aromatic heterocycles. The first-order valence-electron chi connectivity index (χ1n) is 5.55. The quantitative estimate of drug-likeness (QED) is 0.280. The summed E-state index contributed by atoms with van der Waals surface area (Å²) in [6.07, 6.45) is 0.528. The van der Waals surface area contributed by atoms with Gasteiger partial charge in [0.2, 0.25) is 11.8 Å². The Kier molecular flexibility index (Phi) is 4.07. The van der Waals surface area contributed by atoms with E-state index in [4.69, 9.17) is 0 Å². The van der Waals surface area contributed by atoms with Crippen molar-refractivity contribution in [1.29, 1.82) is 0 Å². The van der Waals surface area contributed by atoms with Gasteiger partial charge in [0.15, 0.2) is 23.3 Å². The first kappa shape index (κ1) is 15.8. The Morgan fingerprint density at radius 3 is 1.95 bits per heavy atom. The average Bonchev–Trinajstić information content (AvgIpc) is 2.52. The van der Waals surface area contributed by atoms with E-state index in [2.05, 4.69) is 9.72 Å². The van der Waals surface area contributed by atoms with Crippen LogP contribution in [0.3, 0.4) is 0 Å². The van der Waals surface area contributed by atoms with Gasteiger partial charge in [-0.25, -0.2) is 31.7 Å². The summed E-state index contributed by atoms with van der Waals surface area (Å²) in [4.78, 5) is 14.3. The van der Waals surface area contributed by atoms with Crippen molar-refractivity contribution in [3.05, 3.63) is 52.9 Å². The molecule has 0 aliphatic carbocycles. The van der Waals surface area contributed by atoms with Crippen LogP contribution in [0.1, 0.15) is 10.4 Å². The molecule has 1 heterocycles. The number of aromatic nitrogens is 1. The Bertz CT molecular complexity index is 749. The largest absolute Gasteiger partial charge is 0.465 e. The molecule has 2 rings (SSSR count). The van der Waals surface area contributed by atoms with Crippen molar-refractivity contribution < 1.29 is 35.9 Å². The van der Waals surface area contributed by atoms with Crippen LogP contribution in [0.2, 0.25) is 0 Å². The third-order valence-electron chi connectivity index (χ3n) is 2.74. The van der Waals surface area contributed by atoms with Crippen LogP contribution in [-0.4, -0.2) is 18.1 Å². The second-order valence-corrected chi connectivity index (χ2v) is 4.00. The maximum Gasteiger partial charge on any atom is 0.342 e. The topological polar surface area (TPSA) is 39.2 Å². The second-order valence-electron chi connectivity index (χ2n) is 4.00. The normalized spacial score (nSPS) is 10.7. The molecule has 3 nitrogen and oxygen atoms in total. The maximum atomic E-state index is 13.6. The second kappa shape index (κ2) is 5.66. The highest BCUT2D eigenvalue weighted by molar-refractivity contribution is 5.90. The number of rotatable bonds is 2. The molecule has 0 saturated heterocycles. The lowest BCUT2D eigenvalue weighted by Crippen LogP contribution is -2.08. The van der Waals surface area contributed by atoms with E-state index in [1.807, 2.05) is 0 Å².